The lowest BCUT2D eigenvalue weighted by Gasteiger charge is -2.16. The van der Waals surface area contributed by atoms with Gasteiger partial charge in [0.05, 0.1) is 5.56 Å². The van der Waals surface area contributed by atoms with Crippen molar-refractivity contribution in [3.63, 3.8) is 0 Å². The molecule has 0 radical (unpaired) electrons. The van der Waals surface area contributed by atoms with Gasteiger partial charge in [-0.2, -0.15) is 5.26 Å². The standard InChI is InChI=1S/C21H21ClN6OS2/c1-12(18(29)25-19-15(10-23)14-7-3-5-9-17(14)31-19)28-20(24)26-27-21(28)30-11-13-6-2-4-8-16(13)22/h2,4,6,8,12H,3,5,7,9,11H2,1H3,(H2,24,26)(H,25,29). The third kappa shape index (κ3) is 4.42. The second-order valence-corrected chi connectivity index (χ2v) is 9.74. The van der Waals surface area contributed by atoms with Crippen LogP contribution in [0.3, 0.4) is 0 Å². The SMILES string of the molecule is CC(C(=O)Nc1sc2c(c1C#N)CCCC2)n1c(N)nnc1SCc1ccccc1Cl. The van der Waals surface area contributed by atoms with Gasteiger partial charge >= 0.3 is 0 Å². The number of carbonyl (C=O) groups excluding carboxylic acids is 1. The van der Waals surface area contributed by atoms with Gasteiger partial charge in [-0.15, -0.1) is 21.5 Å². The van der Waals surface area contributed by atoms with Gasteiger partial charge in [-0.05, 0) is 49.8 Å². The van der Waals surface area contributed by atoms with Crippen LogP contribution in [-0.4, -0.2) is 20.7 Å². The fourth-order valence-electron chi connectivity index (χ4n) is 3.61. The Bertz CT molecular complexity index is 1170. The number of nitrogens with two attached hydrogens (primary N) is 1. The van der Waals surface area contributed by atoms with Crippen molar-refractivity contribution in [2.75, 3.05) is 11.1 Å². The highest BCUT2D eigenvalue weighted by atomic mass is 35.5. The number of nitrogens with one attached hydrogen (secondary N) is 1. The zero-order valence-electron chi connectivity index (χ0n) is 16.9. The molecule has 2 aromatic heterocycles. The highest BCUT2D eigenvalue weighted by Crippen LogP contribution is 2.38. The Morgan fingerprint density at radius 2 is 2.16 bits per heavy atom. The summed E-state index contributed by atoms with van der Waals surface area (Å²) in [6.45, 7) is 1.74. The van der Waals surface area contributed by atoms with Crippen LogP contribution in [0.2, 0.25) is 5.02 Å². The van der Waals surface area contributed by atoms with E-state index >= 15 is 0 Å². The van der Waals surface area contributed by atoms with Gasteiger partial charge in [-0.1, -0.05) is 41.6 Å². The van der Waals surface area contributed by atoms with Crippen LogP contribution in [0.15, 0.2) is 29.4 Å². The van der Waals surface area contributed by atoms with Gasteiger partial charge < -0.3 is 11.1 Å². The van der Waals surface area contributed by atoms with E-state index in [0.717, 1.165) is 36.8 Å². The van der Waals surface area contributed by atoms with E-state index in [4.69, 9.17) is 17.3 Å². The van der Waals surface area contributed by atoms with E-state index in [-0.39, 0.29) is 11.9 Å². The van der Waals surface area contributed by atoms with Gasteiger partial charge in [-0.3, -0.25) is 9.36 Å². The molecule has 3 N–H and O–H groups in total. The maximum absolute atomic E-state index is 13.0. The molecule has 1 atom stereocenters. The lowest BCUT2D eigenvalue weighted by molar-refractivity contribution is -0.118. The molecule has 1 amide bonds. The second-order valence-electron chi connectivity index (χ2n) is 7.28. The molecule has 0 aliphatic heterocycles. The summed E-state index contributed by atoms with van der Waals surface area (Å²) >= 11 is 9.15. The van der Waals surface area contributed by atoms with Gasteiger partial charge in [0, 0.05) is 15.7 Å². The molecular formula is C21H21ClN6OS2. The first-order chi connectivity index (χ1) is 15.0. The summed E-state index contributed by atoms with van der Waals surface area (Å²) < 4.78 is 1.61. The minimum absolute atomic E-state index is 0.162. The molecule has 0 bridgehead atoms. The molecule has 7 nitrogen and oxygen atoms in total. The third-order valence-corrected chi connectivity index (χ3v) is 7.86. The average Bonchev–Trinajstić information content (AvgIpc) is 3.31. The number of nitrogens with zero attached hydrogens (tertiary/aromatic N) is 4. The van der Waals surface area contributed by atoms with E-state index in [2.05, 4.69) is 21.6 Å². The van der Waals surface area contributed by atoms with Crippen molar-refractivity contribution in [3.05, 3.63) is 50.9 Å². The molecule has 160 valence electrons. The number of hydrogen-bond donors (Lipinski definition) is 2. The smallest absolute Gasteiger partial charge is 0.248 e. The van der Waals surface area contributed by atoms with Crippen LogP contribution >= 0.6 is 34.7 Å². The highest BCUT2D eigenvalue weighted by Gasteiger charge is 2.26. The third-order valence-electron chi connectivity index (χ3n) is 5.29. The normalized spacial score (nSPS) is 14.0. The predicted octanol–water partition coefficient (Wildman–Crippen LogP) is 4.82. The molecule has 2 heterocycles. The number of carbonyl (C=O) groups is 1. The molecule has 3 aromatic rings. The van der Waals surface area contributed by atoms with Gasteiger partial charge in [-0.25, -0.2) is 0 Å². The van der Waals surface area contributed by atoms with Crippen molar-refractivity contribution >= 4 is 51.6 Å². The number of nitriles is 1. The maximum atomic E-state index is 13.0. The van der Waals surface area contributed by atoms with Crippen molar-refractivity contribution in [2.24, 2.45) is 0 Å². The molecule has 1 aliphatic carbocycles. The largest absolute Gasteiger partial charge is 0.368 e. The molecule has 0 saturated carbocycles. The number of halogens is 1. The Morgan fingerprint density at radius 1 is 1.39 bits per heavy atom. The summed E-state index contributed by atoms with van der Waals surface area (Å²) in [7, 11) is 0. The lowest BCUT2D eigenvalue weighted by Crippen LogP contribution is -2.25. The van der Waals surface area contributed by atoms with Crippen molar-refractivity contribution in [3.8, 4) is 6.07 Å². The number of hydrogen-bond acceptors (Lipinski definition) is 7. The number of anilines is 2. The number of fused-ring (bicyclic) bond motifs is 1. The van der Waals surface area contributed by atoms with Crippen LogP contribution in [0.1, 0.15) is 47.4 Å². The Hall–Kier alpha value is -2.54. The zero-order chi connectivity index (χ0) is 22.0. The van der Waals surface area contributed by atoms with E-state index in [0.29, 0.717) is 26.5 Å². The van der Waals surface area contributed by atoms with E-state index in [1.807, 2.05) is 24.3 Å². The predicted molar refractivity (Wildman–Crippen MR) is 124 cm³/mol. The topological polar surface area (TPSA) is 110 Å². The number of amides is 1. The summed E-state index contributed by atoms with van der Waals surface area (Å²) in [5, 5.41) is 22.5. The molecule has 0 fully saturated rings. The molecule has 10 heteroatoms. The van der Waals surface area contributed by atoms with Crippen molar-refractivity contribution in [2.45, 2.75) is 49.6 Å². The fraction of sp³-hybridized carbons (Fsp3) is 0.333. The van der Waals surface area contributed by atoms with Gasteiger partial charge in [0.1, 0.15) is 17.1 Å². The van der Waals surface area contributed by atoms with E-state index in [1.54, 1.807) is 11.5 Å². The highest BCUT2D eigenvalue weighted by molar-refractivity contribution is 7.98. The molecule has 31 heavy (non-hydrogen) atoms. The first-order valence-electron chi connectivity index (χ1n) is 9.91. The summed E-state index contributed by atoms with van der Waals surface area (Å²) in [4.78, 5) is 14.2. The number of rotatable bonds is 6. The number of aryl methyl sites for hydroxylation is 1. The van der Waals surface area contributed by atoms with Crippen LogP contribution in [-0.2, 0) is 23.4 Å². The Balaban J connectivity index is 1.52. The Labute approximate surface area is 193 Å². The first-order valence-corrected chi connectivity index (χ1v) is 12.1. The number of aromatic nitrogens is 3. The molecule has 0 saturated heterocycles. The van der Waals surface area contributed by atoms with Gasteiger partial charge in [0.15, 0.2) is 5.16 Å². The fourth-order valence-corrected chi connectivity index (χ4v) is 6.16. The number of thioether (sulfide) groups is 1. The molecule has 1 aliphatic rings. The second kappa shape index (κ2) is 9.30. The van der Waals surface area contributed by atoms with Crippen LogP contribution in [0.4, 0.5) is 10.9 Å². The molecule has 1 aromatic carbocycles. The number of nitrogen functional groups attached to an aromatic ring is 1. The minimum atomic E-state index is -0.644. The van der Waals surface area contributed by atoms with Crippen molar-refractivity contribution in [1.82, 2.24) is 14.8 Å². The van der Waals surface area contributed by atoms with Crippen LogP contribution < -0.4 is 11.1 Å². The Morgan fingerprint density at radius 3 is 2.94 bits per heavy atom. The molecule has 1 unspecified atom stereocenters. The van der Waals surface area contributed by atoms with E-state index in [1.165, 1.54) is 28.0 Å². The summed E-state index contributed by atoms with van der Waals surface area (Å²) in [6, 6.07) is 9.20. The number of thiophene rings is 1. The van der Waals surface area contributed by atoms with E-state index in [9.17, 15) is 10.1 Å². The average molecular weight is 473 g/mol. The van der Waals surface area contributed by atoms with E-state index < -0.39 is 6.04 Å². The van der Waals surface area contributed by atoms with Crippen LogP contribution in [0.5, 0.6) is 0 Å². The van der Waals surface area contributed by atoms with Crippen LogP contribution in [0.25, 0.3) is 0 Å². The van der Waals surface area contributed by atoms with Gasteiger partial charge in [0.2, 0.25) is 11.9 Å². The molecule has 4 rings (SSSR count). The molecule has 0 spiro atoms. The lowest BCUT2D eigenvalue weighted by atomic mass is 9.96. The van der Waals surface area contributed by atoms with Crippen molar-refractivity contribution in [1.29, 1.82) is 5.26 Å². The summed E-state index contributed by atoms with van der Waals surface area (Å²) in [5.74, 6) is 0.471. The Kier molecular flexibility index (Phi) is 6.51. The van der Waals surface area contributed by atoms with Crippen LogP contribution in [0, 0.1) is 11.3 Å². The minimum Gasteiger partial charge on any atom is -0.368 e. The van der Waals surface area contributed by atoms with Gasteiger partial charge in [0.25, 0.3) is 0 Å². The quantitative estimate of drug-likeness (QED) is 0.498. The van der Waals surface area contributed by atoms with Crippen molar-refractivity contribution < 1.29 is 4.79 Å². The number of benzene rings is 1. The maximum Gasteiger partial charge on any atom is 0.248 e. The molecular weight excluding hydrogens is 452 g/mol. The summed E-state index contributed by atoms with van der Waals surface area (Å²) in [5.41, 5.74) is 8.66. The summed E-state index contributed by atoms with van der Waals surface area (Å²) in [6.07, 6.45) is 4.04. The monoisotopic (exact) mass is 472 g/mol. The zero-order valence-corrected chi connectivity index (χ0v) is 19.3. The first kappa shape index (κ1) is 21.7.